The molecule has 0 aromatic heterocycles. The van der Waals surface area contributed by atoms with Crippen molar-refractivity contribution in [3.05, 3.63) is 77.4 Å². The number of rotatable bonds is 3. The van der Waals surface area contributed by atoms with Crippen molar-refractivity contribution in [3.63, 3.8) is 0 Å². The van der Waals surface area contributed by atoms with Gasteiger partial charge in [0.05, 0.1) is 23.0 Å². The third-order valence-corrected chi connectivity index (χ3v) is 5.23. The fourth-order valence-corrected chi connectivity index (χ4v) is 3.72. The number of carbonyl (C=O) groups excluding carboxylic acids is 1. The molecular formula is C23H19F3N2O2. The van der Waals surface area contributed by atoms with Crippen molar-refractivity contribution in [1.29, 1.82) is 0 Å². The van der Waals surface area contributed by atoms with Gasteiger partial charge in [-0.15, -0.1) is 0 Å². The normalized spacial score (nSPS) is 15.9. The number of ether oxygens (including phenoxy) is 1. The van der Waals surface area contributed by atoms with Crippen molar-refractivity contribution in [2.75, 3.05) is 18.2 Å². The van der Waals surface area contributed by atoms with Crippen molar-refractivity contribution in [1.82, 2.24) is 0 Å². The molecule has 1 atom stereocenters. The molecule has 0 radical (unpaired) electrons. The molecule has 0 spiro atoms. The molecule has 0 aliphatic heterocycles. The third-order valence-electron chi connectivity index (χ3n) is 5.23. The third kappa shape index (κ3) is 3.64. The van der Waals surface area contributed by atoms with E-state index < -0.39 is 11.7 Å². The molecule has 0 fully saturated rings. The fraction of sp³-hybridized carbons (Fsp3) is 0.174. The molecular weight excluding hydrogens is 393 g/mol. The highest BCUT2D eigenvalue weighted by Gasteiger charge is 2.31. The first-order valence-electron chi connectivity index (χ1n) is 9.31. The predicted molar refractivity (Wildman–Crippen MR) is 110 cm³/mol. The number of nitrogen functional groups attached to an aromatic ring is 1. The number of carbonyl (C=O) groups is 1. The molecule has 3 N–H and O–H groups in total. The average molecular weight is 412 g/mol. The summed E-state index contributed by atoms with van der Waals surface area (Å²) >= 11 is 0. The topological polar surface area (TPSA) is 64.3 Å². The van der Waals surface area contributed by atoms with Gasteiger partial charge in [-0.05, 0) is 53.1 Å². The molecule has 4 rings (SSSR count). The van der Waals surface area contributed by atoms with E-state index in [-0.39, 0.29) is 24.0 Å². The number of benzene rings is 3. The number of anilines is 3. The van der Waals surface area contributed by atoms with E-state index in [0.29, 0.717) is 16.9 Å². The number of hydrogen-bond acceptors (Lipinski definition) is 4. The minimum atomic E-state index is -4.46. The van der Waals surface area contributed by atoms with E-state index in [4.69, 9.17) is 10.5 Å². The minimum absolute atomic E-state index is 0.0179. The van der Waals surface area contributed by atoms with Crippen LogP contribution in [0.15, 0.2) is 60.7 Å². The molecule has 3 aromatic carbocycles. The monoisotopic (exact) mass is 412 g/mol. The molecule has 0 saturated carbocycles. The van der Waals surface area contributed by atoms with Crippen molar-refractivity contribution in [3.8, 4) is 11.1 Å². The highest BCUT2D eigenvalue weighted by Crippen LogP contribution is 2.40. The first-order valence-corrected chi connectivity index (χ1v) is 9.31. The first-order chi connectivity index (χ1) is 14.3. The highest BCUT2D eigenvalue weighted by molar-refractivity contribution is 6.05. The number of methoxy groups -OCH3 is 1. The maximum atomic E-state index is 12.9. The van der Waals surface area contributed by atoms with Crippen LogP contribution in [0.3, 0.4) is 0 Å². The summed E-state index contributed by atoms with van der Waals surface area (Å²) in [4.78, 5) is 12.8. The smallest absolute Gasteiger partial charge is 0.397 e. The van der Waals surface area contributed by atoms with Crippen LogP contribution >= 0.6 is 0 Å². The Morgan fingerprint density at radius 3 is 2.47 bits per heavy atom. The van der Waals surface area contributed by atoms with Gasteiger partial charge in [0.1, 0.15) is 0 Å². The van der Waals surface area contributed by atoms with Crippen molar-refractivity contribution in [2.45, 2.75) is 18.7 Å². The van der Waals surface area contributed by atoms with Crippen LogP contribution in [0.1, 0.15) is 34.0 Å². The van der Waals surface area contributed by atoms with Crippen molar-refractivity contribution >= 4 is 22.8 Å². The molecule has 0 saturated heterocycles. The predicted octanol–water partition coefficient (Wildman–Crippen LogP) is 5.97. The zero-order chi connectivity index (χ0) is 21.5. The van der Waals surface area contributed by atoms with Gasteiger partial charge in [0.25, 0.3) is 0 Å². The minimum Gasteiger partial charge on any atom is -0.397 e. The van der Waals surface area contributed by atoms with Crippen LogP contribution in [-0.2, 0) is 10.9 Å². The number of alkyl halides is 3. The summed E-state index contributed by atoms with van der Waals surface area (Å²) < 4.78 is 44.2. The van der Waals surface area contributed by atoms with Crippen LogP contribution in [0.4, 0.5) is 30.2 Å². The SMILES string of the molecule is COC1CC(=O)c2ccc(Nc3ccc(C(F)(F)F)cc3N)cc2-c2ccccc21. The Labute approximate surface area is 171 Å². The zero-order valence-electron chi connectivity index (χ0n) is 16.1. The zero-order valence-corrected chi connectivity index (χ0v) is 16.1. The van der Waals surface area contributed by atoms with Gasteiger partial charge in [0.15, 0.2) is 5.78 Å². The fourth-order valence-electron chi connectivity index (χ4n) is 3.72. The molecule has 1 unspecified atom stereocenters. The van der Waals surface area contributed by atoms with E-state index in [2.05, 4.69) is 5.32 Å². The van der Waals surface area contributed by atoms with Crippen LogP contribution in [0.5, 0.6) is 0 Å². The summed E-state index contributed by atoms with van der Waals surface area (Å²) in [7, 11) is 1.57. The molecule has 0 amide bonds. The Kier molecular flexibility index (Phi) is 4.99. The van der Waals surface area contributed by atoms with Crippen LogP contribution < -0.4 is 11.1 Å². The van der Waals surface area contributed by atoms with Crippen molar-refractivity contribution < 1.29 is 22.7 Å². The van der Waals surface area contributed by atoms with E-state index in [9.17, 15) is 18.0 Å². The van der Waals surface area contributed by atoms with Gasteiger partial charge < -0.3 is 15.8 Å². The Morgan fingerprint density at radius 1 is 1.00 bits per heavy atom. The lowest BCUT2D eigenvalue weighted by Crippen LogP contribution is -2.07. The number of halogens is 3. The largest absolute Gasteiger partial charge is 0.416 e. The first kappa shape index (κ1) is 20.0. The standard InChI is InChI=1S/C23H19F3N2O2/c1-30-22-12-21(29)16-8-7-14(11-18(16)15-4-2-3-5-17(15)22)28-20-9-6-13(10-19(20)27)23(24,25)26/h2-11,22,28H,12,27H2,1H3. The van der Waals surface area contributed by atoms with Gasteiger partial charge in [-0.3, -0.25) is 4.79 Å². The summed E-state index contributed by atoms with van der Waals surface area (Å²) in [6.45, 7) is 0. The van der Waals surface area contributed by atoms with Crippen LogP contribution in [0.25, 0.3) is 11.1 Å². The number of Topliss-reactive ketones (excluding diaryl/α,β-unsaturated/α-hetero) is 1. The molecule has 1 aliphatic rings. The van der Waals surface area contributed by atoms with Crippen LogP contribution in [-0.4, -0.2) is 12.9 Å². The van der Waals surface area contributed by atoms with Crippen LogP contribution in [0, 0.1) is 0 Å². The number of hydrogen-bond donors (Lipinski definition) is 2. The molecule has 0 heterocycles. The average Bonchev–Trinajstić information content (AvgIpc) is 2.83. The van der Waals surface area contributed by atoms with E-state index >= 15 is 0 Å². The Hall–Kier alpha value is -3.32. The van der Waals surface area contributed by atoms with Gasteiger partial charge in [0.2, 0.25) is 0 Å². The Morgan fingerprint density at radius 2 is 1.77 bits per heavy atom. The van der Waals surface area contributed by atoms with Gasteiger partial charge >= 0.3 is 6.18 Å². The second kappa shape index (κ2) is 7.50. The van der Waals surface area contributed by atoms with E-state index in [0.717, 1.165) is 28.8 Å². The van der Waals surface area contributed by atoms with Gasteiger partial charge in [-0.1, -0.05) is 24.3 Å². The number of nitrogens with one attached hydrogen (secondary N) is 1. The quantitative estimate of drug-likeness (QED) is 0.520. The summed E-state index contributed by atoms with van der Waals surface area (Å²) in [5.41, 5.74) is 9.08. The highest BCUT2D eigenvalue weighted by atomic mass is 19.4. The van der Waals surface area contributed by atoms with Crippen molar-refractivity contribution in [2.24, 2.45) is 0 Å². The second-order valence-electron chi connectivity index (χ2n) is 7.12. The maximum Gasteiger partial charge on any atom is 0.416 e. The molecule has 0 bridgehead atoms. The van der Waals surface area contributed by atoms with Gasteiger partial charge in [-0.25, -0.2) is 0 Å². The number of nitrogens with two attached hydrogens (primary N) is 1. The maximum absolute atomic E-state index is 12.9. The van der Waals surface area contributed by atoms with Gasteiger partial charge in [-0.2, -0.15) is 13.2 Å². The van der Waals surface area contributed by atoms with Crippen LogP contribution in [0.2, 0.25) is 0 Å². The van der Waals surface area contributed by atoms with Gasteiger partial charge in [0, 0.05) is 24.8 Å². The summed E-state index contributed by atoms with van der Waals surface area (Å²) in [5, 5.41) is 3.06. The Balaban J connectivity index is 1.75. The molecule has 1 aliphatic carbocycles. The lowest BCUT2D eigenvalue weighted by molar-refractivity contribution is -0.137. The summed E-state index contributed by atoms with van der Waals surface area (Å²) in [6.07, 6.45) is -4.57. The molecule has 4 nitrogen and oxygen atoms in total. The molecule has 30 heavy (non-hydrogen) atoms. The molecule has 154 valence electrons. The van der Waals surface area contributed by atoms with E-state index in [1.165, 1.54) is 6.07 Å². The summed E-state index contributed by atoms with van der Waals surface area (Å²) in [5.74, 6) is -0.0337. The second-order valence-corrected chi connectivity index (χ2v) is 7.12. The lowest BCUT2D eigenvalue weighted by atomic mass is 9.95. The van der Waals surface area contributed by atoms with E-state index in [1.54, 1.807) is 25.3 Å². The number of ketones is 1. The lowest BCUT2D eigenvalue weighted by Gasteiger charge is -2.16. The molecule has 3 aromatic rings. The molecule has 7 heteroatoms. The number of fused-ring (bicyclic) bond motifs is 3. The van der Waals surface area contributed by atoms with E-state index in [1.807, 2.05) is 24.3 Å². The summed E-state index contributed by atoms with van der Waals surface area (Å²) in [6, 6.07) is 16.0. The Bertz CT molecular complexity index is 1130.